The molecule has 2 rings (SSSR count). The maximum Gasteiger partial charge on any atom is 0.213 e. The summed E-state index contributed by atoms with van der Waals surface area (Å²) in [6, 6.07) is 7.49. The Morgan fingerprint density at radius 2 is 2.13 bits per heavy atom. The van der Waals surface area contributed by atoms with Crippen molar-refractivity contribution < 1.29 is 4.39 Å². The number of aromatic nitrogens is 1. The third-order valence-electron chi connectivity index (χ3n) is 2.44. The molecule has 0 atom stereocenters. The van der Waals surface area contributed by atoms with Gasteiger partial charge in [0.25, 0.3) is 0 Å². The first kappa shape index (κ1) is 10.1. The Labute approximate surface area is 88.1 Å². The number of aryl methyl sites for hydroxylation is 1. The van der Waals surface area contributed by atoms with Crippen LogP contribution in [0, 0.1) is 12.9 Å². The van der Waals surface area contributed by atoms with E-state index in [1.165, 1.54) is 6.07 Å². The van der Waals surface area contributed by atoms with Gasteiger partial charge >= 0.3 is 0 Å². The van der Waals surface area contributed by atoms with E-state index in [-0.39, 0.29) is 0 Å². The van der Waals surface area contributed by atoms with E-state index >= 15 is 0 Å². The molecule has 0 spiro atoms. The van der Waals surface area contributed by atoms with Crippen LogP contribution < -0.4 is 5.32 Å². The van der Waals surface area contributed by atoms with E-state index < -0.39 is 5.95 Å². The topological polar surface area (TPSA) is 24.9 Å². The molecule has 15 heavy (non-hydrogen) atoms. The van der Waals surface area contributed by atoms with E-state index in [9.17, 15) is 4.39 Å². The number of halogens is 1. The molecule has 0 saturated heterocycles. The van der Waals surface area contributed by atoms with E-state index in [1.54, 1.807) is 0 Å². The van der Waals surface area contributed by atoms with Crippen LogP contribution in [0.15, 0.2) is 24.3 Å². The lowest BCUT2D eigenvalue weighted by Gasteiger charge is -2.05. The van der Waals surface area contributed by atoms with Gasteiger partial charge in [0.05, 0.1) is 0 Å². The van der Waals surface area contributed by atoms with Crippen LogP contribution in [0.3, 0.4) is 0 Å². The molecule has 0 aliphatic heterocycles. The predicted molar refractivity (Wildman–Crippen MR) is 59.2 cm³/mol. The Kier molecular flexibility index (Phi) is 2.64. The molecular weight excluding hydrogens is 191 g/mol. The first-order valence-electron chi connectivity index (χ1n) is 4.91. The number of benzene rings is 1. The first-order valence-corrected chi connectivity index (χ1v) is 4.91. The molecule has 1 aromatic carbocycles. The van der Waals surface area contributed by atoms with Gasteiger partial charge in [0.1, 0.15) is 0 Å². The lowest BCUT2D eigenvalue weighted by molar-refractivity contribution is 0.583. The minimum atomic E-state index is -0.415. The summed E-state index contributed by atoms with van der Waals surface area (Å²) < 4.78 is 13.1. The van der Waals surface area contributed by atoms with Gasteiger partial charge in [-0.3, -0.25) is 0 Å². The summed E-state index contributed by atoms with van der Waals surface area (Å²) in [4.78, 5) is 3.80. The average Bonchev–Trinajstić information content (AvgIpc) is 2.17. The van der Waals surface area contributed by atoms with Crippen molar-refractivity contribution in [3.63, 3.8) is 0 Å². The fourth-order valence-electron chi connectivity index (χ4n) is 1.76. The molecule has 0 fully saturated rings. The van der Waals surface area contributed by atoms with Crippen molar-refractivity contribution in [1.29, 1.82) is 0 Å². The minimum Gasteiger partial charge on any atom is -0.316 e. The molecule has 0 bridgehead atoms. The maximum absolute atomic E-state index is 13.1. The maximum atomic E-state index is 13.1. The summed E-state index contributed by atoms with van der Waals surface area (Å²) in [5, 5.41) is 4.99. The standard InChI is InChI=1S/C12H13FN2/c1-8-11-4-3-9(7-14-2)5-10(11)6-12(13)15-8/h3-6,14H,7H2,1-2H3. The number of fused-ring (bicyclic) bond motifs is 1. The van der Waals surface area contributed by atoms with Crippen LogP contribution in [-0.4, -0.2) is 12.0 Å². The van der Waals surface area contributed by atoms with Gasteiger partial charge in [-0.1, -0.05) is 12.1 Å². The first-order chi connectivity index (χ1) is 7.20. The number of hydrogen-bond acceptors (Lipinski definition) is 2. The van der Waals surface area contributed by atoms with Crippen LogP contribution in [0.4, 0.5) is 4.39 Å². The second-order valence-corrected chi connectivity index (χ2v) is 3.62. The average molecular weight is 204 g/mol. The van der Waals surface area contributed by atoms with Gasteiger partial charge in [-0.05, 0) is 31.0 Å². The highest BCUT2D eigenvalue weighted by Gasteiger charge is 2.02. The monoisotopic (exact) mass is 204 g/mol. The fraction of sp³-hybridized carbons (Fsp3) is 0.250. The van der Waals surface area contributed by atoms with Gasteiger partial charge in [0.2, 0.25) is 5.95 Å². The molecule has 0 amide bonds. The lowest BCUT2D eigenvalue weighted by atomic mass is 10.1. The van der Waals surface area contributed by atoms with E-state index in [0.717, 1.165) is 28.6 Å². The molecule has 2 aromatic rings. The van der Waals surface area contributed by atoms with Gasteiger partial charge in [0.15, 0.2) is 0 Å². The fourth-order valence-corrected chi connectivity index (χ4v) is 1.76. The molecule has 1 N–H and O–H groups in total. The quantitative estimate of drug-likeness (QED) is 0.760. The highest BCUT2D eigenvalue weighted by molar-refractivity contribution is 5.84. The SMILES string of the molecule is CNCc1ccc2c(C)nc(F)cc2c1. The molecule has 0 saturated carbocycles. The van der Waals surface area contributed by atoms with E-state index in [1.807, 2.05) is 32.2 Å². The zero-order valence-corrected chi connectivity index (χ0v) is 8.84. The smallest absolute Gasteiger partial charge is 0.213 e. The van der Waals surface area contributed by atoms with Gasteiger partial charge in [-0.2, -0.15) is 4.39 Å². The third kappa shape index (κ3) is 1.97. The van der Waals surface area contributed by atoms with Crippen molar-refractivity contribution in [1.82, 2.24) is 10.3 Å². The number of pyridine rings is 1. The summed E-state index contributed by atoms with van der Waals surface area (Å²) in [6.45, 7) is 2.61. The number of nitrogens with zero attached hydrogens (tertiary/aromatic N) is 1. The molecule has 0 unspecified atom stereocenters. The van der Waals surface area contributed by atoms with Crippen molar-refractivity contribution in [3.05, 3.63) is 41.5 Å². The van der Waals surface area contributed by atoms with Crippen LogP contribution in [-0.2, 0) is 6.54 Å². The van der Waals surface area contributed by atoms with Gasteiger partial charge in [-0.15, -0.1) is 0 Å². The highest BCUT2D eigenvalue weighted by Crippen LogP contribution is 2.19. The summed E-state index contributed by atoms with van der Waals surface area (Å²) in [5.41, 5.74) is 1.89. The normalized spacial score (nSPS) is 10.9. The van der Waals surface area contributed by atoms with Gasteiger partial charge in [-0.25, -0.2) is 4.98 Å². The van der Waals surface area contributed by atoms with E-state index in [2.05, 4.69) is 10.3 Å². The second kappa shape index (κ2) is 3.95. The summed E-state index contributed by atoms with van der Waals surface area (Å²) in [5.74, 6) is -0.415. The largest absolute Gasteiger partial charge is 0.316 e. The van der Waals surface area contributed by atoms with Gasteiger partial charge in [0, 0.05) is 23.7 Å². The number of rotatable bonds is 2. The summed E-state index contributed by atoms with van der Waals surface area (Å²) in [6.07, 6.45) is 0. The van der Waals surface area contributed by atoms with Crippen molar-refractivity contribution in [2.45, 2.75) is 13.5 Å². The Balaban J connectivity index is 2.60. The van der Waals surface area contributed by atoms with E-state index in [0.29, 0.717) is 0 Å². The van der Waals surface area contributed by atoms with Crippen LogP contribution >= 0.6 is 0 Å². The van der Waals surface area contributed by atoms with Crippen molar-refractivity contribution in [2.75, 3.05) is 7.05 Å². The van der Waals surface area contributed by atoms with Crippen molar-refractivity contribution in [3.8, 4) is 0 Å². The van der Waals surface area contributed by atoms with Crippen LogP contribution in [0.25, 0.3) is 10.8 Å². The molecule has 0 aliphatic rings. The number of nitrogens with one attached hydrogen (secondary N) is 1. The predicted octanol–water partition coefficient (Wildman–Crippen LogP) is 2.40. The minimum absolute atomic E-state index is 0.415. The molecule has 0 radical (unpaired) electrons. The molecule has 1 heterocycles. The van der Waals surface area contributed by atoms with Crippen molar-refractivity contribution >= 4 is 10.8 Å². The van der Waals surface area contributed by atoms with Crippen LogP contribution in [0.2, 0.25) is 0 Å². The second-order valence-electron chi connectivity index (χ2n) is 3.62. The van der Waals surface area contributed by atoms with Gasteiger partial charge < -0.3 is 5.32 Å². The molecule has 3 heteroatoms. The zero-order valence-electron chi connectivity index (χ0n) is 8.84. The van der Waals surface area contributed by atoms with Crippen LogP contribution in [0.1, 0.15) is 11.3 Å². The van der Waals surface area contributed by atoms with E-state index in [4.69, 9.17) is 0 Å². The lowest BCUT2D eigenvalue weighted by Crippen LogP contribution is -2.04. The molecule has 78 valence electrons. The molecule has 1 aromatic heterocycles. The Hall–Kier alpha value is -1.48. The summed E-state index contributed by atoms with van der Waals surface area (Å²) >= 11 is 0. The Bertz CT molecular complexity index is 494. The number of hydrogen-bond donors (Lipinski definition) is 1. The third-order valence-corrected chi connectivity index (χ3v) is 2.44. The van der Waals surface area contributed by atoms with Crippen LogP contribution in [0.5, 0.6) is 0 Å². The Morgan fingerprint density at radius 3 is 2.87 bits per heavy atom. The molecule has 2 nitrogen and oxygen atoms in total. The molecular formula is C12H13FN2. The zero-order chi connectivity index (χ0) is 10.8. The highest BCUT2D eigenvalue weighted by atomic mass is 19.1. The summed E-state index contributed by atoms with van der Waals surface area (Å²) in [7, 11) is 1.89. The Morgan fingerprint density at radius 1 is 1.33 bits per heavy atom. The van der Waals surface area contributed by atoms with Crippen molar-refractivity contribution in [2.24, 2.45) is 0 Å². The molecule has 0 aliphatic carbocycles.